The number of aromatic carboxylic acids is 1. The predicted octanol–water partition coefficient (Wildman–Crippen LogP) is 1.65. The highest BCUT2D eigenvalue weighted by Gasteiger charge is 2.26. The van der Waals surface area contributed by atoms with E-state index in [4.69, 9.17) is 10.4 Å². The maximum absolute atomic E-state index is 11.5. The number of carboxylic acids is 1. The zero-order valence-corrected chi connectivity index (χ0v) is 11.8. The zero-order chi connectivity index (χ0) is 15.6. The van der Waals surface area contributed by atoms with Crippen molar-refractivity contribution in [2.45, 2.75) is 0 Å². The monoisotopic (exact) mass is 325 g/mol. The average Bonchev–Trinajstić information content (AvgIpc) is 2.87. The number of nitrogens with zero attached hydrogens (tertiary/aromatic N) is 3. The second kappa shape index (κ2) is 5.49. The van der Waals surface area contributed by atoms with Crippen LogP contribution in [-0.2, 0) is 10.3 Å². The standard InChI is InChI=1S/C11H7N3O5S2/c12-5-7-1-3-8(4-2-7)14(21(17,18)19)11-13-9(6-20-11)10(15)16/h1-4,6H,(H,15,16)(H,17,18,19). The number of thiazole rings is 1. The second-order valence-electron chi connectivity index (χ2n) is 3.72. The minimum absolute atomic E-state index is 0.0304. The molecule has 0 amide bonds. The molecule has 10 heteroatoms. The Labute approximate surface area is 123 Å². The molecule has 2 N–H and O–H groups in total. The largest absolute Gasteiger partial charge is 0.476 e. The van der Waals surface area contributed by atoms with E-state index in [1.54, 1.807) is 0 Å². The maximum atomic E-state index is 11.5. The topological polar surface area (TPSA) is 132 Å². The van der Waals surface area contributed by atoms with Crippen LogP contribution in [0.1, 0.15) is 16.1 Å². The van der Waals surface area contributed by atoms with Gasteiger partial charge in [-0.3, -0.25) is 4.55 Å². The summed E-state index contributed by atoms with van der Waals surface area (Å²) in [6, 6.07) is 7.19. The third kappa shape index (κ3) is 3.16. The molecule has 1 heterocycles. The molecule has 0 unspecified atom stereocenters. The number of nitriles is 1. The van der Waals surface area contributed by atoms with E-state index in [-0.39, 0.29) is 16.5 Å². The van der Waals surface area contributed by atoms with Crippen LogP contribution >= 0.6 is 11.3 Å². The number of benzene rings is 1. The molecular formula is C11H7N3O5S2. The number of carbonyl (C=O) groups is 1. The van der Waals surface area contributed by atoms with Gasteiger partial charge in [0, 0.05) is 5.38 Å². The molecule has 0 fully saturated rings. The van der Waals surface area contributed by atoms with Crippen LogP contribution in [0.3, 0.4) is 0 Å². The first kappa shape index (κ1) is 14.9. The Morgan fingerprint density at radius 3 is 2.38 bits per heavy atom. The van der Waals surface area contributed by atoms with Crippen LogP contribution in [0.25, 0.3) is 0 Å². The molecule has 2 aromatic rings. The molecule has 0 radical (unpaired) electrons. The Morgan fingerprint density at radius 1 is 1.33 bits per heavy atom. The molecule has 0 atom stereocenters. The van der Waals surface area contributed by atoms with Gasteiger partial charge in [-0.1, -0.05) is 0 Å². The number of hydrogen-bond acceptors (Lipinski definition) is 6. The highest BCUT2D eigenvalue weighted by Crippen LogP contribution is 2.31. The molecular weight excluding hydrogens is 318 g/mol. The van der Waals surface area contributed by atoms with E-state index in [0.29, 0.717) is 9.87 Å². The Hall–Kier alpha value is -2.48. The van der Waals surface area contributed by atoms with Crippen LogP contribution < -0.4 is 4.31 Å². The van der Waals surface area contributed by atoms with Gasteiger partial charge in [0.2, 0.25) is 5.13 Å². The van der Waals surface area contributed by atoms with Crippen LogP contribution in [0.2, 0.25) is 0 Å². The van der Waals surface area contributed by atoms with Crippen molar-refractivity contribution in [2.75, 3.05) is 4.31 Å². The van der Waals surface area contributed by atoms with Crippen LogP contribution in [0, 0.1) is 11.3 Å². The van der Waals surface area contributed by atoms with Gasteiger partial charge in [-0.15, -0.1) is 11.3 Å². The van der Waals surface area contributed by atoms with Crippen molar-refractivity contribution in [3.8, 4) is 6.07 Å². The van der Waals surface area contributed by atoms with Crippen molar-refractivity contribution in [1.82, 2.24) is 4.98 Å². The van der Waals surface area contributed by atoms with E-state index < -0.39 is 16.3 Å². The van der Waals surface area contributed by atoms with Crippen LogP contribution in [0.4, 0.5) is 10.8 Å². The van der Waals surface area contributed by atoms with Crippen molar-refractivity contribution >= 4 is 38.4 Å². The van der Waals surface area contributed by atoms with Crippen molar-refractivity contribution in [3.63, 3.8) is 0 Å². The lowest BCUT2D eigenvalue weighted by Crippen LogP contribution is -2.25. The normalized spacial score (nSPS) is 10.9. The van der Waals surface area contributed by atoms with Crippen molar-refractivity contribution in [3.05, 3.63) is 40.9 Å². The quantitative estimate of drug-likeness (QED) is 0.817. The van der Waals surface area contributed by atoms with Gasteiger partial charge >= 0.3 is 16.3 Å². The van der Waals surface area contributed by atoms with Gasteiger partial charge in [-0.05, 0) is 24.3 Å². The third-order valence-electron chi connectivity index (χ3n) is 2.35. The molecule has 0 spiro atoms. The van der Waals surface area contributed by atoms with Crippen molar-refractivity contribution in [1.29, 1.82) is 5.26 Å². The first-order chi connectivity index (χ1) is 9.82. The summed E-state index contributed by atoms with van der Waals surface area (Å²) in [6.07, 6.45) is 0. The number of hydrogen-bond donors (Lipinski definition) is 2. The summed E-state index contributed by atoms with van der Waals surface area (Å²) < 4.78 is 32.8. The van der Waals surface area contributed by atoms with Gasteiger partial charge < -0.3 is 5.11 Å². The number of aromatic nitrogens is 1. The molecule has 8 nitrogen and oxygen atoms in total. The molecule has 108 valence electrons. The van der Waals surface area contributed by atoms with Gasteiger partial charge in [0.25, 0.3) is 0 Å². The first-order valence-corrected chi connectivity index (χ1v) is 7.57. The smallest absolute Gasteiger partial charge is 0.366 e. The zero-order valence-electron chi connectivity index (χ0n) is 10.2. The molecule has 1 aromatic heterocycles. The minimum atomic E-state index is -4.70. The van der Waals surface area contributed by atoms with Gasteiger partial charge in [0.1, 0.15) is 0 Å². The lowest BCUT2D eigenvalue weighted by Gasteiger charge is -2.17. The molecule has 0 saturated carbocycles. The molecule has 0 aliphatic heterocycles. The van der Waals surface area contributed by atoms with E-state index in [2.05, 4.69) is 4.98 Å². The summed E-state index contributed by atoms with van der Waals surface area (Å²) in [4.78, 5) is 14.4. The molecule has 1 aromatic carbocycles. The Morgan fingerprint density at radius 2 is 1.95 bits per heavy atom. The summed E-state index contributed by atoms with van der Waals surface area (Å²) >= 11 is 0.747. The maximum Gasteiger partial charge on any atom is 0.366 e. The summed E-state index contributed by atoms with van der Waals surface area (Å²) in [6.45, 7) is 0. The van der Waals surface area contributed by atoms with Gasteiger partial charge in [0.05, 0.1) is 17.3 Å². The average molecular weight is 325 g/mol. The summed E-state index contributed by atoms with van der Waals surface area (Å²) in [5, 5.41) is 18.4. The van der Waals surface area contributed by atoms with E-state index in [0.717, 1.165) is 16.7 Å². The number of rotatable bonds is 4. The summed E-state index contributed by atoms with van der Waals surface area (Å²) in [5.41, 5.74) is -0.000477. The molecule has 0 saturated heterocycles. The highest BCUT2D eigenvalue weighted by atomic mass is 32.2. The molecule has 0 bridgehead atoms. The Kier molecular flexibility index (Phi) is 3.90. The summed E-state index contributed by atoms with van der Waals surface area (Å²) in [7, 11) is -4.70. The Bertz CT molecular complexity index is 820. The minimum Gasteiger partial charge on any atom is -0.476 e. The number of carboxylic acid groups (broad SMARTS) is 1. The van der Waals surface area contributed by atoms with E-state index in [9.17, 15) is 17.8 Å². The van der Waals surface area contributed by atoms with Gasteiger partial charge in [-0.25, -0.2) is 9.78 Å². The van der Waals surface area contributed by atoms with E-state index >= 15 is 0 Å². The fraction of sp³-hybridized carbons (Fsp3) is 0. The van der Waals surface area contributed by atoms with Crippen LogP contribution in [0.5, 0.6) is 0 Å². The molecule has 0 aliphatic carbocycles. The highest BCUT2D eigenvalue weighted by molar-refractivity contribution is 7.87. The second-order valence-corrected chi connectivity index (χ2v) is 5.82. The third-order valence-corrected chi connectivity index (χ3v) is 4.13. The fourth-order valence-corrected chi connectivity index (χ4v) is 3.23. The van der Waals surface area contributed by atoms with Gasteiger partial charge in [0.15, 0.2) is 5.69 Å². The van der Waals surface area contributed by atoms with Crippen molar-refractivity contribution < 1.29 is 22.9 Å². The molecule has 2 rings (SSSR count). The molecule has 0 aliphatic rings. The van der Waals surface area contributed by atoms with Crippen LogP contribution in [-0.4, -0.2) is 29.0 Å². The van der Waals surface area contributed by atoms with E-state index in [1.807, 2.05) is 6.07 Å². The molecule has 21 heavy (non-hydrogen) atoms. The summed E-state index contributed by atoms with van der Waals surface area (Å²) in [5.74, 6) is -1.31. The number of anilines is 2. The van der Waals surface area contributed by atoms with Crippen molar-refractivity contribution in [2.24, 2.45) is 0 Å². The Balaban J connectivity index is 2.53. The van der Waals surface area contributed by atoms with Crippen LogP contribution in [0.15, 0.2) is 29.6 Å². The predicted molar refractivity (Wildman–Crippen MR) is 73.9 cm³/mol. The first-order valence-electron chi connectivity index (χ1n) is 5.29. The van der Waals surface area contributed by atoms with Gasteiger partial charge in [-0.2, -0.15) is 18.0 Å². The fourth-order valence-electron chi connectivity index (χ4n) is 1.47. The van der Waals surface area contributed by atoms with E-state index in [1.165, 1.54) is 24.3 Å². The SMILES string of the molecule is N#Cc1ccc(N(c2nc(C(=O)O)cs2)S(=O)(=O)O)cc1. The lowest BCUT2D eigenvalue weighted by molar-refractivity contribution is 0.0691. The lowest BCUT2D eigenvalue weighted by atomic mass is 10.2.